The topological polar surface area (TPSA) is 138 Å². The summed E-state index contributed by atoms with van der Waals surface area (Å²) in [5, 5.41) is 15.6. The van der Waals surface area contributed by atoms with E-state index in [0.717, 1.165) is 56.7 Å². The predicted octanol–water partition coefficient (Wildman–Crippen LogP) is 6.14. The first-order valence-electron chi connectivity index (χ1n) is 20.1. The molecule has 312 valence electrons. The Hall–Kier alpha value is -4.43. The number of nitrogens with zero attached hydrogens (tertiary/aromatic N) is 5. The van der Waals surface area contributed by atoms with Crippen LogP contribution in [0.25, 0.3) is 0 Å². The van der Waals surface area contributed by atoms with Crippen LogP contribution in [0.1, 0.15) is 90.2 Å². The molecule has 4 fully saturated rings. The number of hydrogen-bond donors (Lipinski definition) is 2. The minimum Gasteiger partial charge on any atom is -0.378 e. The van der Waals surface area contributed by atoms with Gasteiger partial charge in [0.25, 0.3) is 5.91 Å². The molecule has 12 nitrogen and oxygen atoms in total. The number of nitrogens with one attached hydrogen (secondary N) is 2. The average molecular weight is 824 g/mol. The minimum atomic E-state index is -4.76. The molecule has 16 heteroatoms. The summed E-state index contributed by atoms with van der Waals surface area (Å²) in [4.78, 5) is 58.2. The summed E-state index contributed by atoms with van der Waals surface area (Å²) < 4.78 is 47.5. The largest absolute Gasteiger partial charge is 0.417 e. The fraction of sp³-hybridized carbons (Fsp3) is 0.571. The summed E-state index contributed by atoms with van der Waals surface area (Å²) in [6, 6.07) is 11.9. The Kier molecular flexibility index (Phi) is 13.3. The van der Waals surface area contributed by atoms with Crippen LogP contribution in [0.4, 0.5) is 30.2 Å². The lowest BCUT2D eigenvalue weighted by molar-refractivity contribution is -0.138. The molecule has 0 bridgehead atoms. The van der Waals surface area contributed by atoms with Crippen LogP contribution in [0.15, 0.2) is 42.5 Å². The van der Waals surface area contributed by atoms with E-state index in [-0.39, 0.29) is 65.5 Å². The van der Waals surface area contributed by atoms with Crippen molar-refractivity contribution in [1.82, 2.24) is 14.7 Å². The smallest absolute Gasteiger partial charge is 0.378 e. The second-order valence-electron chi connectivity index (χ2n) is 16.5. The lowest BCUT2D eigenvalue weighted by Crippen LogP contribution is -2.58. The van der Waals surface area contributed by atoms with Crippen LogP contribution in [0.2, 0.25) is 0 Å². The summed E-state index contributed by atoms with van der Waals surface area (Å²) in [6.07, 6.45) is -0.0745. The Morgan fingerprint density at radius 2 is 1.69 bits per heavy atom. The molecule has 2 saturated heterocycles. The number of ether oxygens (including phenoxy) is 1. The molecule has 2 N–H and O–H groups in total. The molecule has 2 aromatic carbocycles. The first-order chi connectivity index (χ1) is 27.5. The second-order valence-corrected chi connectivity index (χ2v) is 16.9. The van der Waals surface area contributed by atoms with Gasteiger partial charge in [0.1, 0.15) is 11.3 Å². The maximum Gasteiger partial charge on any atom is 0.417 e. The first kappa shape index (κ1) is 43.2. The number of Topliss-reactive ketones (excluding diaryl/α,β-unsaturated/α-hetero) is 2. The molecule has 2 aliphatic heterocycles. The summed E-state index contributed by atoms with van der Waals surface area (Å²) in [6.45, 7) is 11.1. The number of anilines is 3. The van der Waals surface area contributed by atoms with Gasteiger partial charge in [-0.3, -0.25) is 29.0 Å². The third-order valence-electron chi connectivity index (χ3n) is 11.9. The Bertz CT molecular complexity index is 1930. The standard InChI is InChI=1S/C42H52F3N7O5S/c1-26-23-49(24-27(2)50(26)25-38(55)48-30-8-5-7-29(19-30)47-36-16-13-33(53)21-37(36)54)17-6-18-57-34-14-11-31(12-15-34)52-40(58)51(39(56)41(52,3)4)32-10-9-28(22-46)35(20-32)42(43,44)45/h5,7-10,19-20,26-27,31,34,36,47H,6,11-18,21,23-25H2,1-4H3,(H,48,55)/t26-,27+,31?,34?,36?. The van der Waals surface area contributed by atoms with E-state index >= 15 is 0 Å². The van der Waals surface area contributed by atoms with Crippen LogP contribution in [0, 0.1) is 11.3 Å². The number of ketones is 2. The van der Waals surface area contributed by atoms with Gasteiger partial charge in [0, 0.05) is 62.2 Å². The van der Waals surface area contributed by atoms with Crippen LogP contribution in [0.3, 0.4) is 0 Å². The van der Waals surface area contributed by atoms with Crippen LogP contribution in [-0.2, 0) is 30.1 Å². The maximum absolute atomic E-state index is 13.7. The summed E-state index contributed by atoms with van der Waals surface area (Å²) in [5.74, 6) is -0.658. The lowest BCUT2D eigenvalue weighted by atomic mass is 9.89. The highest BCUT2D eigenvalue weighted by atomic mass is 32.1. The molecule has 0 radical (unpaired) electrons. The fourth-order valence-electron chi connectivity index (χ4n) is 8.90. The van der Waals surface area contributed by atoms with Crippen LogP contribution >= 0.6 is 12.2 Å². The van der Waals surface area contributed by atoms with Gasteiger partial charge in [-0.1, -0.05) is 6.07 Å². The van der Waals surface area contributed by atoms with Crippen molar-refractivity contribution in [2.75, 3.05) is 48.3 Å². The summed E-state index contributed by atoms with van der Waals surface area (Å²) in [5.41, 5.74) is -1.33. The number of thiocarbonyl (C=S) groups is 1. The zero-order valence-corrected chi connectivity index (χ0v) is 34.3. The van der Waals surface area contributed by atoms with Crippen LogP contribution in [0.5, 0.6) is 0 Å². The molecular formula is C42H52F3N7O5S. The Balaban J connectivity index is 0.919. The molecule has 58 heavy (non-hydrogen) atoms. The molecule has 0 spiro atoms. The van der Waals surface area contributed by atoms with Gasteiger partial charge in [-0.05, 0) is 115 Å². The number of nitriles is 1. The predicted molar refractivity (Wildman–Crippen MR) is 217 cm³/mol. The molecule has 1 unspecified atom stereocenters. The molecular weight excluding hydrogens is 772 g/mol. The zero-order chi connectivity index (χ0) is 41.9. The van der Waals surface area contributed by atoms with Crippen molar-refractivity contribution < 1.29 is 37.1 Å². The van der Waals surface area contributed by atoms with Crippen molar-refractivity contribution in [3.8, 4) is 6.07 Å². The SMILES string of the molecule is C[C@@H]1CN(CCCOC2CCC(N3C(=S)N(c4ccc(C#N)c(C(F)(F)F)c4)C(=O)C3(C)C)CC2)C[C@H](C)N1CC(=O)Nc1cccc(NC2CCC(=O)CC2=O)c1. The van der Waals surface area contributed by atoms with E-state index in [0.29, 0.717) is 38.0 Å². The van der Waals surface area contributed by atoms with Gasteiger partial charge in [-0.15, -0.1) is 0 Å². The van der Waals surface area contributed by atoms with Crippen molar-refractivity contribution in [3.05, 3.63) is 53.6 Å². The van der Waals surface area contributed by atoms with Gasteiger partial charge in [0.05, 0.1) is 48.0 Å². The number of rotatable bonds is 12. The third kappa shape index (κ3) is 9.71. The minimum absolute atomic E-state index is 0.00713. The number of alkyl halides is 3. The molecule has 2 aliphatic carbocycles. The number of hydrogen-bond acceptors (Lipinski definition) is 10. The van der Waals surface area contributed by atoms with E-state index in [4.69, 9.17) is 17.0 Å². The number of amides is 2. The van der Waals surface area contributed by atoms with E-state index in [1.54, 1.807) is 26.0 Å². The number of carbonyl (C=O) groups is 4. The monoisotopic (exact) mass is 823 g/mol. The molecule has 2 aromatic rings. The number of halogens is 3. The highest BCUT2D eigenvalue weighted by Gasteiger charge is 2.52. The van der Waals surface area contributed by atoms with E-state index < -0.39 is 34.8 Å². The van der Waals surface area contributed by atoms with Crippen molar-refractivity contribution in [2.45, 2.75) is 121 Å². The van der Waals surface area contributed by atoms with Gasteiger partial charge < -0.3 is 25.2 Å². The van der Waals surface area contributed by atoms with Crippen molar-refractivity contribution in [3.63, 3.8) is 0 Å². The first-order valence-corrected chi connectivity index (χ1v) is 20.5. The summed E-state index contributed by atoms with van der Waals surface area (Å²) in [7, 11) is 0. The Morgan fingerprint density at radius 3 is 2.34 bits per heavy atom. The molecule has 0 aromatic heterocycles. The number of carbonyl (C=O) groups excluding carboxylic acids is 4. The maximum atomic E-state index is 13.7. The van der Waals surface area contributed by atoms with Crippen LogP contribution < -0.4 is 15.5 Å². The summed E-state index contributed by atoms with van der Waals surface area (Å²) >= 11 is 5.74. The van der Waals surface area contributed by atoms with Crippen molar-refractivity contribution in [2.24, 2.45) is 0 Å². The Labute approximate surface area is 343 Å². The number of piperazine rings is 1. The van der Waals surface area contributed by atoms with Crippen molar-refractivity contribution in [1.29, 1.82) is 5.26 Å². The Morgan fingerprint density at radius 1 is 1.00 bits per heavy atom. The zero-order valence-electron chi connectivity index (χ0n) is 33.4. The van der Waals surface area contributed by atoms with Gasteiger partial charge in [-0.25, -0.2) is 0 Å². The third-order valence-corrected chi connectivity index (χ3v) is 12.2. The average Bonchev–Trinajstić information content (AvgIpc) is 3.34. The molecule has 4 aliphatic rings. The normalized spacial score (nSPS) is 25.9. The van der Waals surface area contributed by atoms with E-state index in [1.165, 1.54) is 11.0 Å². The molecule has 2 heterocycles. The van der Waals surface area contributed by atoms with E-state index in [1.807, 2.05) is 23.1 Å². The lowest BCUT2D eigenvalue weighted by Gasteiger charge is -2.44. The van der Waals surface area contributed by atoms with Gasteiger partial charge in [0.15, 0.2) is 10.9 Å². The molecule has 3 atom stereocenters. The second kappa shape index (κ2) is 17.8. The molecule has 2 amide bonds. The van der Waals surface area contributed by atoms with E-state index in [2.05, 4.69) is 34.3 Å². The fourth-order valence-corrected chi connectivity index (χ4v) is 9.47. The van der Waals surface area contributed by atoms with Crippen molar-refractivity contribution >= 4 is 57.8 Å². The number of benzene rings is 2. The highest BCUT2D eigenvalue weighted by Crippen LogP contribution is 2.41. The van der Waals surface area contributed by atoms with Gasteiger partial charge in [-0.2, -0.15) is 18.4 Å². The van der Waals surface area contributed by atoms with Gasteiger partial charge in [0.2, 0.25) is 5.91 Å². The van der Waals surface area contributed by atoms with Crippen LogP contribution in [-0.4, -0.2) is 112 Å². The molecule has 2 saturated carbocycles. The van der Waals surface area contributed by atoms with E-state index in [9.17, 15) is 37.6 Å². The quantitative estimate of drug-likeness (QED) is 0.145. The highest BCUT2D eigenvalue weighted by molar-refractivity contribution is 7.80. The van der Waals surface area contributed by atoms with Gasteiger partial charge >= 0.3 is 6.18 Å². The molecule has 6 rings (SSSR count).